The molecule has 30 heavy (non-hydrogen) atoms. The topological polar surface area (TPSA) is 67.3 Å². The summed E-state index contributed by atoms with van der Waals surface area (Å²) in [6.07, 6.45) is 1.06. The lowest BCUT2D eigenvalue weighted by Gasteiger charge is -2.02. The van der Waals surface area contributed by atoms with Gasteiger partial charge in [0.2, 0.25) is 0 Å². The Morgan fingerprint density at radius 1 is 0.967 bits per heavy atom. The van der Waals surface area contributed by atoms with Crippen molar-refractivity contribution < 1.29 is 19.1 Å². The molecule has 0 spiro atoms. The van der Waals surface area contributed by atoms with E-state index in [-0.39, 0.29) is 23.6 Å². The molecule has 0 aliphatic heterocycles. The SMILES string of the molecule is O=C(CCc1cccc(C(=O)O)c1)Cc1nc2ccc(-c3cccc(F)c3)cc2s1. The van der Waals surface area contributed by atoms with E-state index in [9.17, 15) is 14.0 Å². The predicted octanol–water partition coefficient (Wildman–Crippen LogP) is 5.55. The van der Waals surface area contributed by atoms with Crippen LogP contribution in [-0.2, 0) is 17.6 Å². The molecule has 1 aromatic heterocycles. The summed E-state index contributed by atoms with van der Waals surface area (Å²) in [5.41, 5.74) is 3.57. The van der Waals surface area contributed by atoms with Crippen molar-refractivity contribution in [2.75, 3.05) is 0 Å². The van der Waals surface area contributed by atoms with Crippen LogP contribution >= 0.6 is 11.3 Å². The van der Waals surface area contributed by atoms with Gasteiger partial charge in [-0.2, -0.15) is 0 Å². The second-order valence-corrected chi connectivity index (χ2v) is 8.14. The van der Waals surface area contributed by atoms with Gasteiger partial charge in [-0.05, 0) is 59.5 Å². The lowest BCUT2D eigenvalue weighted by atomic mass is 10.0. The molecule has 0 amide bonds. The van der Waals surface area contributed by atoms with Crippen LogP contribution in [0.2, 0.25) is 0 Å². The van der Waals surface area contributed by atoms with Crippen LogP contribution in [0, 0.1) is 5.82 Å². The molecule has 4 rings (SSSR count). The summed E-state index contributed by atoms with van der Waals surface area (Å²) in [6.45, 7) is 0. The van der Waals surface area contributed by atoms with Gasteiger partial charge in [0.05, 0.1) is 22.2 Å². The molecule has 6 heteroatoms. The predicted molar refractivity (Wildman–Crippen MR) is 115 cm³/mol. The number of carbonyl (C=O) groups is 2. The van der Waals surface area contributed by atoms with Gasteiger partial charge in [0.1, 0.15) is 16.6 Å². The van der Waals surface area contributed by atoms with Crippen molar-refractivity contribution in [2.45, 2.75) is 19.3 Å². The first kappa shape index (κ1) is 19.9. The maximum Gasteiger partial charge on any atom is 0.335 e. The van der Waals surface area contributed by atoms with Crippen LogP contribution in [0.3, 0.4) is 0 Å². The van der Waals surface area contributed by atoms with Crippen LogP contribution in [0.4, 0.5) is 4.39 Å². The van der Waals surface area contributed by atoms with Gasteiger partial charge in [0.25, 0.3) is 0 Å². The molecule has 0 aliphatic carbocycles. The van der Waals surface area contributed by atoms with Gasteiger partial charge in [-0.3, -0.25) is 4.79 Å². The van der Waals surface area contributed by atoms with Crippen LogP contribution in [-0.4, -0.2) is 21.8 Å². The van der Waals surface area contributed by atoms with E-state index in [1.807, 2.05) is 30.3 Å². The van der Waals surface area contributed by atoms with Crippen molar-refractivity contribution in [1.29, 1.82) is 0 Å². The van der Waals surface area contributed by atoms with E-state index in [4.69, 9.17) is 5.11 Å². The standard InChI is InChI=1S/C24H18FNO3S/c25-19-6-2-4-16(12-19)17-8-10-21-22(13-17)30-23(26-21)14-20(27)9-7-15-3-1-5-18(11-15)24(28)29/h1-6,8,10-13H,7,9,14H2,(H,28,29). The summed E-state index contributed by atoms with van der Waals surface area (Å²) >= 11 is 1.46. The highest BCUT2D eigenvalue weighted by atomic mass is 32.1. The van der Waals surface area contributed by atoms with E-state index in [1.165, 1.54) is 29.5 Å². The smallest absolute Gasteiger partial charge is 0.335 e. The Balaban J connectivity index is 1.44. The van der Waals surface area contributed by atoms with Crippen LogP contribution in [0.1, 0.15) is 27.3 Å². The second-order valence-electron chi connectivity index (χ2n) is 7.02. The molecule has 0 aliphatic rings. The summed E-state index contributed by atoms with van der Waals surface area (Å²) in [5, 5.41) is 9.81. The van der Waals surface area contributed by atoms with Crippen LogP contribution in [0.15, 0.2) is 66.7 Å². The number of nitrogens with zero attached hydrogens (tertiary/aromatic N) is 1. The third kappa shape index (κ3) is 4.60. The maximum atomic E-state index is 13.5. The number of carboxylic acid groups (broad SMARTS) is 1. The van der Waals surface area contributed by atoms with Crippen molar-refractivity contribution >= 4 is 33.3 Å². The minimum absolute atomic E-state index is 0.0557. The monoisotopic (exact) mass is 419 g/mol. The Morgan fingerprint density at radius 2 is 1.77 bits per heavy atom. The highest BCUT2D eigenvalue weighted by Crippen LogP contribution is 2.29. The summed E-state index contributed by atoms with van der Waals surface area (Å²) in [7, 11) is 0. The Morgan fingerprint density at radius 3 is 2.57 bits per heavy atom. The highest BCUT2D eigenvalue weighted by molar-refractivity contribution is 7.18. The molecule has 0 atom stereocenters. The van der Waals surface area contributed by atoms with E-state index in [2.05, 4.69) is 4.98 Å². The first-order valence-corrected chi connectivity index (χ1v) is 10.3. The maximum absolute atomic E-state index is 13.5. The molecule has 4 aromatic rings. The molecule has 0 fully saturated rings. The van der Waals surface area contributed by atoms with Crippen molar-refractivity contribution in [3.8, 4) is 11.1 Å². The molecule has 4 nitrogen and oxygen atoms in total. The summed E-state index contributed by atoms with van der Waals surface area (Å²) in [4.78, 5) is 28.0. The van der Waals surface area contributed by atoms with Gasteiger partial charge in [0.15, 0.2) is 0 Å². The average molecular weight is 419 g/mol. The number of benzene rings is 3. The molecule has 0 unspecified atom stereocenters. The summed E-state index contributed by atoms with van der Waals surface area (Å²) in [5.74, 6) is -1.20. The fourth-order valence-electron chi connectivity index (χ4n) is 3.30. The number of hydrogen-bond donors (Lipinski definition) is 1. The molecule has 0 saturated carbocycles. The zero-order valence-electron chi connectivity index (χ0n) is 16.0. The van der Waals surface area contributed by atoms with Crippen LogP contribution < -0.4 is 0 Å². The number of aromatic carboxylic acids is 1. The Labute approximate surface area is 176 Å². The first-order chi connectivity index (χ1) is 14.5. The van der Waals surface area contributed by atoms with Gasteiger partial charge in [-0.15, -0.1) is 11.3 Å². The first-order valence-electron chi connectivity index (χ1n) is 9.47. The van der Waals surface area contributed by atoms with Crippen LogP contribution in [0.5, 0.6) is 0 Å². The molecule has 0 radical (unpaired) electrons. The van der Waals surface area contributed by atoms with Gasteiger partial charge in [0, 0.05) is 6.42 Å². The van der Waals surface area contributed by atoms with Gasteiger partial charge >= 0.3 is 5.97 Å². The number of carbonyl (C=O) groups excluding carboxylic acids is 1. The normalized spacial score (nSPS) is 11.0. The van der Waals surface area contributed by atoms with Crippen molar-refractivity contribution in [1.82, 2.24) is 4.98 Å². The van der Waals surface area contributed by atoms with E-state index in [1.54, 1.807) is 18.2 Å². The van der Waals surface area contributed by atoms with Crippen molar-refractivity contribution in [3.63, 3.8) is 0 Å². The number of hydrogen-bond acceptors (Lipinski definition) is 4. The van der Waals surface area contributed by atoms with Crippen molar-refractivity contribution in [2.24, 2.45) is 0 Å². The third-order valence-corrected chi connectivity index (χ3v) is 5.82. The fourth-order valence-corrected chi connectivity index (χ4v) is 4.33. The molecule has 1 N–H and O–H groups in total. The highest BCUT2D eigenvalue weighted by Gasteiger charge is 2.11. The number of rotatable bonds is 7. The van der Waals surface area contributed by atoms with Crippen molar-refractivity contribution in [3.05, 3.63) is 88.7 Å². The second kappa shape index (κ2) is 8.55. The van der Waals surface area contributed by atoms with E-state index < -0.39 is 5.97 Å². The number of fused-ring (bicyclic) bond motifs is 1. The van der Waals surface area contributed by atoms with Gasteiger partial charge in [-0.25, -0.2) is 14.2 Å². The summed E-state index contributed by atoms with van der Waals surface area (Å²) in [6, 6.07) is 18.8. The molecule has 0 saturated heterocycles. The van der Waals surface area contributed by atoms with Crippen LogP contribution in [0.25, 0.3) is 21.3 Å². The fraction of sp³-hybridized carbons (Fsp3) is 0.125. The zero-order chi connectivity index (χ0) is 21.1. The number of thiazole rings is 1. The minimum Gasteiger partial charge on any atom is -0.478 e. The quantitative estimate of drug-likeness (QED) is 0.427. The third-order valence-electron chi connectivity index (χ3n) is 4.81. The van der Waals surface area contributed by atoms with E-state index >= 15 is 0 Å². The zero-order valence-corrected chi connectivity index (χ0v) is 16.8. The largest absolute Gasteiger partial charge is 0.478 e. The lowest BCUT2D eigenvalue weighted by molar-refractivity contribution is -0.118. The molecule has 150 valence electrons. The molecule has 0 bridgehead atoms. The number of aromatic nitrogens is 1. The average Bonchev–Trinajstić information content (AvgIpc) is 3.13. The van der Waals surface area contributed by atoms with Gasteiger partial charge < -0.3 is 5.11 Å². The Hall–Kier alpha value is -3.38. The summed E-state index contributed by atoms with van der Waals surface area (Å²) < 4.78 is 14.4. The Bertz CT molecular complexity index is 1250. The number of ketones is 1. The van der Waals surface area contributed by atoms with E-state index in [0.29, 0.717) is 12.8 Å². The number of halogens is 1. The molecule has 3 aromatic carbocycles. The number of Topliss-reactive ketones (excluding diaryl/α,β-unsaturated/α-hetero) is 1. The lowest BCUT2D eigenvalue weighted by Crippen LogP contribution is -2.05. The van der Waals surface area contributed by atoms with Gasteiger partial charge in [-0.1, -0.05) is 30.3 Å². The number of carboxylic acids is 1. The number of aryl methyl sites for hydroxylation is 1. The molecule has 1 heterocycles. The molecular formula is C24H18FNO3S. The Kier molecular flexibility index (Phi) is 5.68. The van der Waals surface area contributed by atoms with E-state index in [0.717, 1.165) is 31.9 Å². The molecular weight excluding hydrogens is 401 g/mol. The minimum atomic E-state index is -0.977.